The van der Waals surface area contributed by atoms with Gasteiger partial charge in [0, 0.05) is 62.0 Å². The fourth-order valence-electron chi connectivity index (χ4n) is 8.41. The Morgan fingerprint density at radius 3 is 2.11 bits per heavy atom. The Morgan fingerprint density at radius 1 is 0.849 bits per heavy atom. The van der Waals surface area contributed by atoms with Gasteiger partial charge in [-0.1, -0.05) is 11.6 Å². The molecule has 0 spiro atoms. The van der Waals surface area contributed by atoms with E-state index in [0.29, 0.717) is 52.2 Å². The molecule has 2 N–H and O–H groups in total. The van der Waals surface area contributed by atoms with E-state index < -0.39 is 29.7 Å². The molecule has 1 atom stereocenters. The number of nitrogens with zero attached hydrogens (tertiary/aromatic N) is 4. The van der Waals surface area contributed by atoms with Crippen molar-refractivity contribution >= 4 is 46.8 Å². The maximum absolute atomic E-state index is 13.3. The van der Waals surface area contributed by atoms with Crippen LogP contribution in [0.25, 0.3) is 0 Å². The number of hydrogen-bond donors (Lipinski definition) is 2. The minimum Gasteiger partial charge on any atom is -0.490 e. The summed E-state index contributed by atoms with van der Waals surface area (Å²) in [5.41, 5.74) is 4.85. The van der Waals surface area contributed by atoms with Crippen LogP contribution in [0, 0.1) is 11.3 Å². The van der Waals surface area contributed by atoms with E-state index in [1.165, 1.54) is 0 Å². The van der Waals surface area contributed by atoms with Crippen molar-refractivity contribution in [3.05, 3.63) is 93.0 Å². The second-order valence-electron chi connectivity index (χ2n) is 14.6. The third kappa shape index (κ3) is 6.87. The second kappa shape index (κ2) is 14.3. The molecule has 5 amide bonds. The van der Waals surface area contributed by atoms with E-state index in [0.717, 1.165) is 73.3 Å². The highest BCUT2D eigenvalue weighted by Crippen LogP contribution is 2.36. The van der Waals surface area contributed by atoms with Crippen molar-refractivity contribution in [3.8, 4) is 11.8 Å². The van der Waals surface area contributed by atoms with E-state index in [-0.39, 0.29) is 30.9 Å². The summed E-state index contributed by atoms with van der Waals surface area (Å²) in [6, 6.07) is 18.1. The molecule has 1 aliphatic carbocycles. The Morgan fingerprint density at radius 2 is 1.51 bits per heavy atom. The topological polar surface area (TPSA) is 152 Å². The van der Waals surface area contributed by atoms with Crippen molar-refractivity contribution in [2.75, 3.05) is 18.0 Å². The molecule has 13 heteroatoms. The molecule has 272 valence electrons. The lowest BCUT2D eigenvalue weighted by Gasteiger charge is -2.37. The molecule has 8 rings (SSSR count). The zero-order chi connectivity index (χ0) is 36.8. The molecular formula is C40H39ClN6O6. The van der Waals surface area contributed by atoms with Crippen LogP contribution in [0.2, 0.25) is 5.02 Å². The molecule has 1 unspecified atom stereocenters. The monoisotopic (exact) mass is 734 g/mol. The number of piperidine rings is 2. The van der Waals surface area contributed by atoms with Gasteiger partial charge in [-0.25, -0.2) is 0 Å². The van der Waals surface area contributed by atoms with Crippen LogP contribution in [0.5, 0.6) is 5.75 Å². The minimum atomic E-state index is -0.967. The number of halogens is 1. The highest BCUT2D eigenvalue weighted by atomic mass is 35.5. The summed E-state index contributed by atoms with van der Waals surface area (Å²) in [5, 5.41) is 14.9. The Bertz CT molecular complexity index is 2000. The number of hydrogen-bond acceptors (Lipinski definition) is 9. The molecule has 1 saturated carbocycles. The number of carbonyl (C=O) groups excluding carboxylic acids is 5. The summed E-state index contributed by atoms with van der Waals surface area (Å²) < 4.78 is 6.09. The third-order valence-electron chi connectivity index (χ3n) is 11.4. The van der Waals surface area contributed by atoms with Gasteiger partial charge in [0.1, 0.15) is 17.9 Å². The number of amides is 5. The highest BCUT2D eigenvalue weighted by molar-refractivity contribution is 6.31. The standard InChI is InChI=1S/C40H39ClN6O6/c41-34-19-31(8-3-24(34)20-42)53-30-9-4-27(5-10-30)43-37(49)23-1-6-28(7-2-23)45-15-13-29(14-16-45)46-21-25-17-32-33(18-26(25)22-46)40(52)47(39(32)51)35-11-12-36(48)44-38(35)50/h1-3,6-8,17-19,27,29-30,35H,4-5,9-16,21-22H2,(H,43,49)(H,44,48,50)/t27-,30-,35?. The van der Waals surface area contributed by atoms with Crippen LogP contribution in [0.15, 0.2) is 54.6 Å². The van der Waals surface area contributed by atoms with Gasteiger partial charge in [0.2, 0.25) is 11.8 Å². The van der Waals surface area contributed by atoms with Crippen LogP contribution in [-0.4, -0.2) is 76.7 Å². The van der Waals surface area contributed by atoms with Crippen molar-refractivity contribution < 1.29 is 28.7 Å². The van der Waals surface area contributed by atoms with E-state index in [9.17, 15) is 24.0 Å². The first-order valence-corrected chi connectivity index (χ1v) is 18.7. The molecule has 0 radical (unpaired) electrons. The molecule has 3 aromatic rings. The predicted molar refractivity (Wildman–Crippen MR) is 194 cm³/mol. The number of benzene rings is 3. The molecule has 53 heavy (non-hydrogen) atoms. The number of fused-ring (bicyclic) bond motifs is 2. The maximum Gasteiger partial charge on any atom is 0.262 e. The lowest BCUT2D eigenvalue weighted by Crippen LogP contribution is -2.54. The molecule has 2 saturated heterocycles. The zero-order valence-corrected chi connectivity index (χ0v) is 29.9. The summed E-state index contributed by atoms with van der Waals surface area (Å²) in [6.45, 7) is 3.13. The van der Waals surface area contributed by atoms with Crippen molar-refractivity contribution in [2.24, 2.45) is 0 Å². The summed E-state index contributed by atoms with van der Waals surface area (Å²) in [7, 11) is 0. The smallest absolute Gasteiger partial charge is 0.262 e. The summed E-state index contributed by atoms with van der Waals surface area (Å²) >= 11 is 6.15. The van der Waals surface area contributed by atoms with E-state index in [2.05, 4.69) is 26.5 Å². The fourth-order valence-corrected chi connectivity index (χ4v) is 8.62. The first-order valence-electron chi connectivity index (χ1n) is 18.3. The first-order chi connectivity index (χ1) is 25.6. The lowest BCUT2D eigenvalue weighted by molar-refractivity contribution is -0.136. The summed E-state index contributed by atoms with van der Waals surface area (Å²) in [5.74, 6) is -1.37. The molecule has 4 aliphatic heterocycles. The van der Waals surface area contributed by atoms with E-state index in [1.54, 1.807) is 18.2 Å². The van der Waals surface area contributed by atoms with Gasteiger partial charge in [0.25, 0.3) is 17.7 Å². The van der Waals surface area contributed by atoms with E-state index in [4.69, 9.17) is 21.6 Å². The van der Waals surface area contributed by atoms with Crippen LogP contribution >= 0.6 is 11.6 Å². The van der Waals surface area contributed by atoms with Crippen LogP contribution in [0.1, 0.15) is 99.1 Å². The molecule has 4 heterocycles. The van der Waals surface area contributed by atoms with Gasteiger partial charge in [-0.3, -0.25) is 39.1 Å². The Kier molecular flexibility index (Phi) is 9.39. The van der Waals surface area contributed by atoms with Crippen LogP contribution in [0.3, 0.4) is 0 Å². The number of imide groups is 2. The number of ether oxygens (including phenoxy) is 1. The van der Waals surface area contributed by atoms with Crippen LogP contribution in [0.4, 0.5) is 5.69 Å². The Hall–Kier alpha value is -5.25. The van der Waals surface area contributed by atoms with Gasteiger partial charge >= 0.3 is 0 Å². The summed E-state index contributed by atoms with van der Waals surface area (Å²) in [6.07, 6.45) is 5.45. The van der Waals surface area contributed by atoms with Gasteiger partial charge in [-0.15, -0.1) is 0 Å². The quantitative estimate of drug-likeness (QED) is 0.329. The van der Waals surface area contributed by atoms with Crippen molar-refractivity contribution in [1.82, 2.24) is 20.4 Å². The Labute approximate surface area is 312 Å². The van der Waals surface area contributed by atoms with Crippen LogP contribution < -0.4 is 20.3 Å². The van der Waals surface area contributed by atoms with Gasteiger partial charge in [0.15, 0.2) is 0 Å². The normalized spacial score (nSPS) is 23.4. The van der Waals surface area contributed by atoms with Gasteiger partial charge in [-0.2, -0.15) is 5.26 Å². The number of nitriles is 1. The first kappa shape index (κ1) is 34.8. The molecule has 12 nitrogen and oxygen atoms in total. The fraction of sp³-hybridized carbons (Fsp3) is 0.400. The molecule has 0 aromatic heterocycles. The van der Waals surface area contributed by atoms with E-state index in [1.807, 2.05) is 36.4 Å². The summed E-state index contributed by atoms with van der Waals surface area (Å²) in [4.78, 5) is 69.5. The second-order valence-corrected chi connectivity index (χ2v) is 15.0. The number of nitrogens with one attached hydrogen (secondary N) is 2. The third-order valence-corrected chi connectivity index (χ3v) is 11.7. The van der Waals surface area contributed by atoms with Crippen LogP contribution in [-0.2, 0) is 22.7 Å². The molecule has 0 bridgehead atoms. The number of carbonyl (C=O) groups is 5. The molecule has 5 aliphatic rings. The van der Waals surface area contributed by atoms with Gasteiger partial charge in [-0.05, 0) is 105 Å². The van der Waals surface area contributed by atoms with Crippen molar-refractivity contribution in [2.45, 2.75) is 88.7 Å². The maximum atomic E-state index is 13.3. The SMILES string of the molecule is N#Cc1ccc(O[C@H]2CC[C@H](NC(=O)c3ccc(N4CCC(N5Cc6cc7c(cc6C5)C(=O)N(C5CCC(=O)NC5=O)C7=O)CC4)cc3)CC2)cc1Cl. The minimum absolute atomic E-state index is 0.0356. The zero-order valence-electron chi connectivity index (χ0n) is 29.1. The molecule has 3 fully saturated rings. The number of rotatable bonds is 7. The average molecular weight is 735 g/mol. The lowest BCUT2D eigenvalue weighted by atomic mass is 9.92. The van der Waals surface area contributed by atoms with E-state index >= 15 is 0 Å². The Balaban J connectivity index is 0.802. The molecular weight excluding hydrogens is 696 g/mol. The largest absolute Gasteiger partial charge is 0.490 e. The average Bonchev–Trinajstić information content (AvgIpc) is 3.69. The van der Waals surface area contributed by atoms with Crippen molar-refractivity contribution in [3.63, 3.8) is 0 Å². The number of anilines is 1. The highest BCUT2D eigenvalue weighted by Gasteiger charge is 2.45. The molecule has 3 aromatic carbocycles. The van der Waals surface area contributed by atoms with Gasteiger partial charge in [0.05, 0.1) is 27.8 Å². The van der Waals surface area contributed by atoms with Crippen molar-refractivity contribution in [1.29, 1.82) is 5.26 Å². The van der Waals surface area contributed by atoms with Gasteiger partial charge < -0.3 is 15.0 Å². The predicted octanol–water partition coefficient (Wildman–Crippen LogP) is 4.72.